The summed E-state index contributed by atoms with van der Waals surface area (Å²) >= 11 is 1.53. The summed E-state index contributed by atoms with van der Waals surface area (Å²) in [5, 5.41) is 4.92. The van der Waals surface area contributed by atoms with Crippen LogP contribution in [0.25, 0.3) is 0 Å². The van der Waals surface area contributed by atoms with Crippen molar-refractivity contribution in [1.29, 1.82) is 0 Å². The van der Waals surface area contributed by atoms with E-state index in [0.717, 1.165) is 17.7 Å². The van der Waals surface area contributed by atoms with Gasteiger partial charge in [-0.2, -0.15) is 0 Å². The van der Waals surface area contributed by atoms with Crippen molar-refractivity contribution in [2.24, 2.45) is 11.7 Å². The molecule has 0 bridgehead atoms. The molecule has 3 N–H and O–H groups in total. The highest BCUT2D eigenvalue weighted by atomic mass is 32.1. The number of carbonyl (C=O) groups excluding carboxylic acids is 1. The van der Waals surface area contributed by atoms with Crippen LogP contribution in [0.2, 0.25) is 0 Å². The molecule has 0 radical (unpaired) electrons. The van der Waals surface area contributed by atoms with Crippen LogP contribution in [0.15, 0.2) is 17.5 Å². The SMILES string of the molecule is CCC1CC1NC(=O)C(N)c1cccs1. The third-order valence-electron chi connectivity index (χ3n) is 2.91. The fraction of sp³-hybridized carbons (Fsp3) is 0.545. The van der Waals surface area contributed by atoms with Gasteiger partial charge in [0.05, 0.1) is 0 Å². The van der Waals surface area contributed by atoms with E-state index in [1.54, 1.807) is 0 Å². The van der Waals surface area contributed by atoms with Crippen molar-refractivity contribution in [1.82, 2.24) is 5.32 Å². The van der Waals surface area contributed by atoms with Crippen LogP contribution in [0.4, 0.5) is 0 Å². The minimum atomic E-state index is -0.497. The topological polar surface area (TPSA) is 55.1 Å². The third-order valence-corrected chi connectivity index (χ3v) is 3.86. The van der Waals surface area contributed by atoms with Crippen molar-refractivity contribution in [2.75, 3.05) is 0 Å². The van der Waals surface area contributed by atoms with E-state index >= 15 is 0 Å². The summed E-state index contributed by atoms with van der Waals surface area (Å²) in [7, 11) is 0. The fourth-order valence-corrected chi connectivity index (χ4v) is 2.47. The zero-order chi connectivity index (χ0) is 10.8. The highest BCUT2D eigenvalue weighted by Gasteiger charge is 2.37. The smallest absolute Gasteiger partial charge is 0.242 e. The second-order valence-corrected chi connectivity index (χ2v) is 4.99. The molecule has 1 fully saturated rings. The van der Waals surface area contributed by atoms with E-state index in [4.69, 9.17) is 5.73 Å². The maximum absolute atomic E-state index is 11.7. The number of hydrogen-bond donors (Lipinski definition) is 2. The molecule has 0 spiro atoms. The molecule has 82 valence electrons. The van der Waals surface area contributed by atoms with Crippen molar-refractivity contribution in [3.8, 4) is 0 Å². The first-order valence-corrected chi connectivity index (χ1v) is 6.19. The number of nitrogens with two attached hydrogens (primary N) is 1. The van der Waals surface area contributed by atoms with Crippen LogP contribution in [0.3, 0.4) is 0 Å². The summed E-state index contributed by atoms with van der Waals surface area (Å²) < 4.78 is 0. The first kappa shape index (κ1) is 10.6. The van der Waals surface area contributed by atoms with E-state index in [-0.39, 0.29) is 5.91 Å². The Labute approximate surface area is 93.7 Å². The van der Waals surface area contributed by atoms with Crippen molar-refractivity contribution < 1.29 is 4.79 Å². The Morgan fingerprint density at radius 3 is 3.13 bits per heavy atom. The summed E-state index contributed by atoms with van der Waals surface area (Å²) in [6, 6.07) is 3.69. The van der Waals surface area contributed by atoms with Crippen molar-refractivity contribution >= 4 is 17.2 Å². The van der Waals surface area contributed by atoms with Gasteiger partial charge in [-0.05, 0) is 23.8 Å². The van der Waals surface area contributed by atoms with E-state index in [0.29, 0.717) is 12.0 Å². The van der Waals surface area contributed by atoms with Gasteiger partial charge in [-0.1, -0.05) is 19.4 Å². The van der Waals surface area contributed by atoms with Gasteiger partial charge in [-0.3, -0.25) is 4.79 Å². The van der Waals surface area contributed by atoms with E-state index in [1.165, 1.54) is 11.3 Å². The van der Waals surface area contributed by atoms with Crippen LogP contribution in [-0.4, -0.2) is 11.9 Å². The van der Waals surface area contributed by atoms with Crippen molar-refractivity contribution in [3.05, 3.63) is 22.4 Å². The molecule has 3 nitrogen and oxygen atoms in total. The Morgan fingerprint density at radius 1 is 1.80 bits per heavy atom. The molecule has 3 unspecified atom stereocenters. The molecule has 1 amide bonds. The Kier molecular flexibility index (Phi) is 3.07. The summed E-state index contributed by atoms with van der Waals surface area (Å²) in [6.07, 6.45) is 2.25. The largest absolute Gasteiger partial charge is 0.351 e. The second kappa shape index (κ2) is 4.33. The van der Waals surface area contributed by atoms with Gasteiger partial charge >= 0.3 is 0 Å². The summed E-state index contributed by atoms with van der Waals surface area (Å²) in [4.78, 5) is 12.7. The summed E-state index contributed by atoms with van der Waals surface area (Å²) in [5.41, 5.74) is 5.84. The first-order valence-electron chi connectivity index (χ1n) is 5.31. The molecule has 15 heavy (non-hydrogen) atoms. The number of carbonyl (C=O) groups is 1. The molecular weight excluding hydrogens is 208 g/mol. The Bertz CT molecular complexity index is 336. The minimum Gasteiger partial charge on any atom is -0.351 e. The van der Waals surface area contributed by atoms with Crippen molar-refractivity contribution in [2.45, 2.75) is 31.8 Å². The molecule has 2 rings (SSSR count). The highest BCUT2D eigenvalue weighted by Crippen LogP contribution is 2.33. The molecule has 4 heteroatoms. The maximum atomic E-state index is 11.7. The van der Waals surface area contributed by atoms with E-state index in [1.807, 2.05) is 17.5 Å². The van der Waals surface area contributed by atoms with Gasteiger partial charge in [0, 0.05) is 10.9 Å². The lowest BCUT2D eigenvalue weighted by Crippen LogP contribution is -2.35. The predicted molar refractivity (Wildman–Crippen MR) is 61.6 cm³/mol. The van der Waals surface area contributed by atoms with Crippen LogP contribution >= 0.6 is 11.3 Å². The van der Waals surface area contributed by atoms with Crippen LogP contribution in [0, 0.1) is 5.92 Å². The molecule has 1 aromatic rings. The molecule has 0 aliphatic heterocycles. The molecule has 1 heterocycles. The number of nitrogens with one attached hydrogen (secondary N) is 1. The van der Waals surface area contributed by atoms with Gasteiger partial charge in [0.15, 0.2) is 0 Å². The lowest BCUT2D eigenvalue weighted by atomic mass is 10.2. The molecule has 0 saturated heterocycles. The summed E-state index contributed by atoms with van der Waals surface area (Å²) in [5.74, 6) is 0.628. The third kappa shape index (κ3) is 2.38. The second-order valence-electron chi connectivity index (χ2n) is 4.01. The molecule has 1 aliphatic carbocycles. The predicted octanol–water partition coefficient (Wildman–Crippen LogP) is 1.66. The molecule has 1 saturated carbocycles. The van der Waals surface area contributed by atoms with Crippen LogP contribution in [0.5, 0.6) is 0 Å². The van der Waals surface area contributed by atoms with E-state index < -0.39 is 6.04 Å². The van der Waals surface area contributed by atoms with Crippen LogP contribution < -0.4 is 11.1 Å². The molecule has 3 atom stereocenters. The van der Waals surface area contributed by atoms with E-state index in [9.17, 15) is 4.79 Å². The Morgan fingerprint density at radius 2 is 2.60 bits per heavy atom. The zero-order valence-electron chi connectivity index (χ0n) is 8.77. The van der Waals surface area contributed by atoms with Gasteiger partial charge < -0.3 is 11.1 Å². The lowest BCUT2D eigenvalue weighted by Gasteiger charge is -2.10. The number of thiophene rings is 1. The Balaban J connectivity index is 1.86. The molecule has 0 aromatic carbocycles. The molecule has 1 aromatic heterocycles. The summed E-state index contributed by atoms with van der Waals surface area (Å²) in [6.45, 7) is 2.15. The average Bonchev–Trinajstić information content (AvgIpc) is 2.78. The van der Waals surface area contributed by atoms with Crippen LogP contribution in [-0.2, 0) is 4.79 Å². The van der Waals surface area contributed by atoms with Gasteiger partial charge in [0.1, 0.15) is 6.04 Å². The van der Waals surface area contributed by atoms with Crippen molar-refractivity contribution in [3.63, 3.8) is 0 Å². The van der Waals surface area contributed by atoms with Gasteiger partial charge in [0.25, 0.3) is 0 Å². The van der Waals surface area contributed by atoms with Gasteiger partial charge in [-0.25, -0.2) is 0 Å². The lowest BCUT2D eigenvalue weighted by molar-refractivity contribution is -0.122. The highest BCUT2D eigenvalue weighted by molar-refractivity contribution is 7.10. The van der Waals surface area contributed by atoms with E-state index in [2.05, 4.69) is 12.2 Å². The zero-order valence-corrected chi connectivity index (χ0v) is 9.59. The molecule has 1 aliphatic rings. The minimum absolute atomic E-state index is 0.0431. The van der Waals surface area contributed by atoms with Crippen LogP contribution in [0.1, 0.15) is 30.7 Å². The quantitative estimate of drug-likeness (QED) is 0.817. The maximum Gasteiger partial charge on any atom is 0.242 e. The van der Waals surface area contributed by atoms with Gasteiger partial charge in [0.2, 0.25) is 5.91 Å². The number of rotatable bonds is 4. The Hall–Kier alpha value is -0.870. The normalized spacial score (nSPS) is 26.0. The number of amides is 1. The first-order chi connectivity index (χ1) is 7.22. The molecular formula is C11H16N2OS. The average molecular weight is 224 g/mol. The fourth-order valence-electron chi connectivity index (χ4n) is 1.75. The standard InChI is InChI=1S/C11H16N2OS/c1-2-7-6-8(7)13-11(14)10(12)9-4-3-5-15-9/h3-5,7-8,10H,2,6,12H2,1H3,(H,13,14). The monoisotopic (exact) mass is 224 g/mol. The number of hydrogen-bond acceptors (Lipinski definition) is 3. The van der Waals surface area contributed by atoms with Gasteiger partial charge in [-0.15, -0.1) is 11.3 Å².